The third-order valence-electron chi connectivity index (χ3n) is 3.98. The summed E-state index contributed by atoms with van der Waals surface area (Å²) in [7, 11) is 0. The predicted molar refractivity (Wildman–Crippen MR) is 87.3 cm³/mol. The molecule has 0 aromatic rings. The molecule has 2 atom stereocenters. The Morgan fingerprint density at radius 1 is 0.913 bits per heavy atom. The Balaban J connectivity index is 2.49. The van der Waals surface area contributed by atoms with Crippen molar-refractivity contribution in [3.8, 4) is 0 Å². The molecular formula is C16H32N2O5. The molecule has 0 aromatic carbocycles. The summed E-state index contributed by atoms with van der Waals surface area (Å²) in [5, 5.41) is 0. The summed E-state index contributed by atoms with van der Waals surface area (Å²) < 4.78 is 21.8. The van der Waals surface area contributed by atoms with Crippen LogP contribution in [0.4, 0.5) is 0 Å². The molecule has 1 saturated heterocycles. The molecule has 1 fully saturated rings. The van der Waals surface area contributed by atoms with Gasteiger partial charge in [0.15, 0.2) is 0 Å². The van der Waals surface area contributed by atoms with E-state index in [1.54, 1.807) is 4.90 Å². The molecule has 1 amide bonds. The van der Waals surface area contributed by atoms with E-state index in [-0.39, 0.29) is 11.8 Å². The van der Waals surface area contributed by atoms with Gasteiger partial charge in [0.1, 0.15) is 0 Å². The second-order valence-corrected chi connectivity index (χ2v) is 5.69. The first-order valence-corrected chi connectivity index (χ1v) is 8.52. The standard InChI is InChI=1S/C16H32N2O5/c1-3-14(2)15(17)16(19)18-4-6-20-8-10-22-12-13-23-11-9-21-7-5-18/h14-15H,3-13,17H2,1-2H3/t14-,15+/m1/s1. The van der Waals surface area contributed by atoms with Gasteiger partial charge in [-0.05, 0) is 5.92 Å². The van der Waals surface area contributed by atoms with E-state index in [0.29, 0.717) is 65.9 Å². The van der Waals surface area contributed by atoms with Crippen LogP contribution in [0.5, 0.6) is 0 Å². The van der Waals surface area contributed by atoms with E-state index in [4.69, 9.17) is 24.7 Å². The zero-order valence-electron chi connectivity index (χ0n) is 14.5. The summed E-state index contributed by atoms with van der Waals surface area (Å²) in [4.78, 5) is 14.3. The molecule has 0 bridgehead atoms. The molecule has 0 aromatic heterocycles. The third kappa shape index (κ3) is 8.62. The highest BCUT2D eigenvalue weighted by molar-refractivity contribution is 5.82. The van der Waals surface area contributed by atoms with Gasteiger partial charge in [-0.15, -0.1) is 0 Å². The maximum absolute atomic E-state index is 12.5. The third-order valence-corrected chi connectivity index (χ3v) is 3.98. The van der Waals surface area contributed by atoms with Crippen LogP contribution in [0.2, 0.25) is 0 Å². The lowest BCUT2D eigenvalue weighted by Gasteiger charge is -2.28. The Morgan fingerprint density at radius 2 is 1.30 bits per heavy atom. The van der Waals surface area contributed by atoms with Gasteiger partial charge in [-0.1, -0.05) is 20.3 Å². The van der Waals surface area contributed by atoms with Gasteiger partial charge in [-0.2, -0.15) is 0 Å². The maximum atomic E-state index is 12.5. The summed E-state index contributed by atoms with van der Waals surface area (Å²) in [6.07, 6.45) is 0.877. The van der Waals surface area contributed by atoms with Gasteiger partial charge >= 0.3 is 0 Å². The second kappa shape index (κ2) is 12.7. The Hall–Kier alpha value is -0.730. The van der Waals surface area contributed by atoms with E-state index in [0.717, 1.165) is 6.42 Å². The van der Waals surface area contributed by atoms with Crippen molar-refractivity contribution in [2.45, 2.75) is 26.3 Å². The fraction of sp³-hybridized carbons (Fsp3) is 0.938. The van der Waals surface area contributed by atoms with E-state index in [2.05, 4.69) is 0 Å². The molecule has 0 spiro atoms. The van der Waals surface area contributed by atoms with Crippen molar-refractivity contribution in [2.75, 3.05) is 65.9 Å². The largest absolute Gasteiger partial charge is 0.377 e. The average molecular weight is 332 g/mol. The van der Waals surface area contributed by atoms with Crippen molar-refractivity contribution in [2.24, 2.45) is 11.7 Å². The summed E-state index contributed by atoms with van der Waals surface area (Å²) >= 11 is 0. The lowest BCUT2D eigenvalue weighted by molar-refractivity contribution is -0.135. The summed E-state index contributed by atoms with van der Waals surface area (Å²) in [5.41, 5.74) is 6.07. The summed E-state index contributed by atoms with van der Waals surface area (Å²) in [6.45, 7) is 9.19. The molecule has 136 valence electrons. The minimum atomic E-state index is -0.478. The Kier molecular flexibility index (Phi) is 11.2. The number of hydrogen-bond acceptors (Lipinski definition) is 6. The maximum Gasteiger partial charge on any atom is 0.239 e. The van der Waals surface area contributed by atoms with E-state index in [9.17, 15) is 4.79 Å². The van der Waals surface area contributed by atoms with Gasteiger partial charge in [-0.3, -0.25) is 4.79 Å². The number of carbonyl (C=O) groups excluding carboxylic acids is 1. The molecule has 1 aliphatic heterocycles. The number of rotatable bonds is 3. The first kappa shape index (κ1) is 20.3. The fourth-order valence-electron chi connectivity index (χ4n) is 2.15. The average Bonchev–Trinajstić information content (AvgIpc) is 2.58. The van der Waals surface area contributed by atoms with Crippen LogP contribution in [0.25, 0.3) is 0 Å². The smallest absolute Gasteiger partial charge is 0.239 e. The molecule has 0 aliphatic carbocycles. The SMILES string of the molecule is CC[C@@H](C)[C@H](N)C(=O)N1CCOCCOCCOCCOCC1. The quantitative estimate of drug-likeness (QED) is 0.799. The summed E-state index contributed by atoms with van der Waals surface area (Å²) in [5.74, 6) is 0.117. The van der Waals surface area contributed by atoms with E-state index < -0.39 is 6.04 Å². The molecule has 0 saturated carbocycles. The number of amides is 1. The molecule has 0 radical (unpaired) electrons. The minimum Gasteiger partial charge on any atom is -0.377 e. The molecule has 7 nitrogen and oxygen atoms in total. The Bertz CT molecular complexity index is 301. The Labute approximate surface area is 139 Å². The van der Waals surface area contributed by atoms with Gasteiger partial charge in [-0.25, -0.2) is 0 Å². The summed E-state index contributed by atoms with van der Waals surface area (Å²) in [6, 6.07) is -0.478. The molecule has 1 heterocycles. The number of nitrogens with two attached hydrogens (primary N) is 1. The van der Waals surface area contributed by atoms with Gasteiger partial charge in [0, 0.05) is 13.1 Å². The molecule has 1 rings (SSSR count). The van der Waals surface area contributed by atoms with E-state index in [1.807, 2.05) is 13.8 Å². The number of carbonyl (C=O) groups is 1. The number of nitrogens with zero attached hydrogens (tertiary/aromatic N) is 1. The van der Waals surface area contributed by atoms with Crippen LogP contribution in [-0.4, -0.2) is 82.8 Å². The second-order valence-electron chi connectivity index (χ2n) is 5.69. The van der Waals surface area contributed by atoms with Crippen LogP contribution in [-0.2, 0) is 23.7 Å². The first-order chi connectivity index (χ1) is 11.2. The van der Waals surface area contributed by atoms with Crippen LogP contribution >= 0.6 is 0 Å². The van der Waals surface area contributed by atoms with Crippen molar-refractivity contribution in [1.29, 1.82) is 0 Å². The van der Waals surface area contributed by atoms with Crippen LogP contribution in [0.1, 0.15) is 20.3 Å². The highest BCUT2D eigenvalue weighted by Gasteiger charge is 2.24. The van der Waals surface area contributed by atoms with Gasteiger partial charge in [0.05, 0.1) is 58.9 Å². The van der Waals surface area contributed by atoms with Gasteiger partial charge < -0.3 is 29.6 Å². The van der Waals surface area contributed by atoms with E-state index >= 15 is 0 Å². The van der Waals surface area contributed by atoms with Crippen molar-refractivity contribution >= 4 is 5.91 Å². The van der Waals surface area contributed by atoms with Crippen molar-refractivity contribution in [3.63, 3.8) is 0 Å². The van der Waals surface area contributed by atoms with Crippen LogP contribution in [0.3, 0.4) is 0 Å². The van der Waals surface area contributed by atoms with Gasteiger partial charge in [0.2, 0.25) is 5.91 Å². The normalized spacial score (nSPS) is 22.7. The highest BCUT2D eigenvalue weighted by atomic mass is 16.6. The monoisotopic (exact) mass is 332 g/mol. The van der Waals surface area contributed by atoms with Gasteiger partial charge in [0.25, 0.3) is 0 Å². The molecule has 7 heteroatoms. The molecule has 2 N–H and O–H groups in total. The Morgan fingerprint density at radius 3 is 1.70 bits per heavy atom. The van der Waals surface area contributed by atoms with E-state index in [1.165, 1.54) is 0 Å². The predicted octanol–water partition coefficient (Wildman–Crippen LogP) is 0.268. The van der Waals surface area contributed by atoms with Crippen molar-refractivity contribution in [1.82, 2.24) is 4.90 Å². The highest BCUT2D eigenvalue weighted by Crippen LogP contribution is 2.08. The molecule has 1 aliphatic rings. The molecule has 0 unspecified atom stereocenters. The van der Waals surface area contributed by atoms with Crippen molar-refractivity contribution in [3.05, 3.63) is 0 Å². The molecule has 23 heavy (non-hydrogen) atoms. The number of hydrogen-bond donors (Lipinski definition) is 1. The number of ether oxygens (including phenoxy) is 4. The molecular weight excluding hydrogens is 300 g/mol. The van der Waals surface area contributed by atoms with Crippen LogP contribution < -0.4 is 5.73 Å². The first-order valence-electron chi connectivity index (χ1n) is 8.52. The van der Waals surface area contributed by atoms with Crippen molar-refractivity contribution < 1.29 is 23.7 Å². The fourth-order valence-corrected chi connectivity index (χ4v) is 2.15. The zero-order chi connectivity index (χ0) is 16.9. The topological polar surface area (TPSA) is 83.3 Å². The lowest BCUT2D eigenvalue weighted by atomic mass is 9.99. The van der Waals surface area contributed by atoms with Crippen LogP contribution in [0, 0.1) is 5.92 Å². The van der Waals surface area contributed by atoms with Crippen LogP contribution in [0.15, 0.2) is 0 Å². The minimum absolute atomic E-state index is 0.0385. The lowest BCUT2D eigenvalue weighted by Crippen LogP contribution is -2.49. The zero-order valence-corrected chi connectivity index (χ0v) is 14.5.